The number of carbonyl (C=O) groups is 2. The van der Waals surface area contributed by atoms with Crippen molar-refractivity contribution in [2.45, 2.75) is 52.2 Å². The molecule has 9 heteroatoms. The summed E-state index contributed by atoms with van der Waals surface area (Å²) < 4.78 is 40.2. The molecule has 0 aliphatic carbocycles. The van der Waals surface area contributed by atoms with Gasteiger partial charge in [-0.15, -0.1) is 13.2 Å². The van der Waals surface area contributed by atoms with Crippen LogP contribution in [0, 0.1) is 0 Å². The Morgan fingerprint density at radius 3 is 2.15 bits per heavy atom. The molecule has 2 N–H and O–H groups in total. The van der Waals surface area contributed by atoms with Gasteiger partial charge in [-0.25, -0.2) is 4.79 Å². The van der Waals surface area contributed by atoms with Gasteiger partial charge in [0.25, 0.3) is 0 Å². The van der Waals surface area contributed by atoms with E-state index in [9.17, 15) is 22.8 Å². The zero-order chi connectivity index (χ0) is 20.1. The third-order valence-corrected chi connectivity index (χ3v) is 3.35. The second-order valence-electron chi connectivity index (χ2n) is 6.98. The number of benzene rings is 1. The van der Waals surface area contributed by atoms with Gasteiger partial charge in [-0.05, 0) is 52.4 Å². The molecule has 0 heterocycles. The molecule has 1 atom stereocenters. The van der Waals surface area contributed by atoms with Crippen LogP contribution >= 0.6 is 0 Å². The van der Waals surface area contributed by atoms with E-state index in [-0.39, 0.29) is 5.75 Å². The number of nitrogens with zero attached hydrogens (tertiary/aromatic N) is 1. The van der Waals surface area contributed by atoms with Crippen molar-refractivity contribution >= 4 is 11.9 Å². The monoisotopic (exact) mass is 375 g/mol. The number of imide groups is 1. The largest absolute Gasteiger partial charge is 0.573 e. The molecule has 0 aliphatic rings. The lowest BCUT2D eigenvalue weighted by Gasteiger charge is -2.25. The van der Waals surface area contributed by atoms with Gasteiger partial charge in [-0.2, -0.15) is 0 Å². The number of urea groups is 1. The van der Waals surface area contributed by atoms with Gasteiger partial charge in [0.05, 0.1) is 6.04 Å². The van der Waals surface area contributed by atoms with Crippen LogP contribution in [0.1, 0.15) is 33.3 Å². The van der Waals surface area contributed by atoms with Gasteiger partial charge in [-0.3, -0.25) is 15.0 Å². The molecule has 0 aromatic heterocycles. The van der Waals surface area contributed by atoms with Gasteiger partial charge in [-0.1, -0.05) is 12.1 Å². The summed E-state index contributed by atoms with van der Waals surface area (Å²) in [5, 5.41) is 4.89. The zero-order valence-corrected chi connectivity index (χ0v) is 15.4. The minimum Gasteiger partial charge on any atom is -0.406 e. The molecule has 3 amide bonds. The van der Waals surface area contributed by atoms with Crippen molar-refractivity contribution in [2.75, 3.05) is 7.05 Å². The first-order valence-corrected chi connectivity index (χ1v) is 7.95. The average molecular weight is 375 g/mol. The lowest BCUT2D eigenvalue weighted by Crippen LogP contribution is -2.52. The molecule has 1 unspecified atom stereocenters. The SMILES string of the molecule is CC(C(=O)NC(=O)NC(C)(C)C)N(C)Cc1ccc(OC(F)(F)F)cc1. The number of alkyl halides is 3. The predicted octanol–water partition coefficient (Wildman–Crippen LogP) is 3.03. The van der Waals surface area contributed by atoms with Crippen LogP contribution < -0.4 is 15.4 Å². The molecule has 0 fully saturated rings. The summed E-state index contributed by atoms with van der Waals surface area (Å²) >= 11 is 0. The van der Waals surface area contributed by atoms with E-state index in [1.807, 2.05) is 0 Å². The van der Waals surface area contributed by atoms with E-state index >= 15 is 0 Å². The van der Waals surface area contributed by atoms with Crippen molar-refractivity contribution < 1.29 is 27.5 Å². The molecule has 0 radical (unpaired) electrons. The topological polar surface area (TPSA) is 70.7 Å². The third-order valence-electron chi connectivity index (χ3n) is 3.35. The van der Waals surface area contributed by atoms with Crippen LogP contribution in [-0.4, -0.2) is 41.8 Å². The van der Waals surface area contributed by atoms with E-state index in [2.05, 4.69) is 15.4 Å². The van der Waals surface area contributed by atoms with Crippen molar-refractivity contribution in [2.24, 2.45) is 0 Å². The second-order valence-corrected chi connectivity index (χ2v) is 6.98. The lowest BCUT2D eigenvalue weighted by molar-refractivity contribution is -0.274. The molecule has 1 aromatic carbocycles. The fraction of sp³-hybridized carbons (Fsp3) is 0.529. The highest BCUT2D eigenvalue weighted by atomic mass is 19.4. The van der Waals surface area contributed by atoms with Crippen LogP contribution in [-0.2, 0) is 11.3 Å². The number of rotatable bonds is 5. The Morgan fingerprint density at radius 1 is 1.15 bits per heavy atom. The summed E-state index contributed by atoms with van der Waals surface area (Å²) in [6, 6.07) is 4.17. The minimum absolute atomic E-state index is 0.307. The third kappa shape index (κ3) is 8.19. The summed E-state index contributed by atoms with van der Waals surface area (Å²) in [6.45, 7) is 7.30. The second kappa shape index (κ2) is 8.39. The van der Waals surface area contributed by atoms with Crippen LogP contribution in [0.25, 0.3) is 0 Å². The van der Waals surface area contributed by atoms with Crippen molar-refractivity contribution in [3.8, 4) is 5.75 Å². The quantitative estimate of drug-likeness (QED) is 0.830. The number of halogens is 3. The summed E-state index contributed by atoms with van der Waals surface area (Å²) in [4.78, 5) is 25.5. The summed E-state index contributed by atoms with van der Waals surface area (Å²) in [6.07, 6.45) is -4.74. The van der Waals surface area contributed by atoms with E-state index in [1.165, 1.54) is 24.3 Å². The van der Waals surface area contributed by atoms with E-state index in [0.29, 0.717) is 12.1 Å². The normalized spacial score (nSPS) is 13.3. The van der Waals surface area contributed by atoms with E-state index < -0.39 is 29.9 Å². The maximum Gasteiger partial charge on any atom is 0.573 e. The Kier molecular flexibility index (Phi) is 7.02. The first-order chi connectivity index (χ1) is 11.8. The maximum absolute atomic E-state index is 12.1. The van der Waals surface area contributed by atoms with Gasteiger partial charge in [0.1, 0.15) is 5.75 Å². The Hall–Kier alpha value is -2.29. The summed E-state index contributed by atoms with van der Waals surface area (Å²) in [7, 11) is 1.67. The van der Waals surface area contributed by atoms with Gasteiger partial charge in [0.2, 0.25) is 5.91 Å². The molecular weight excluding hydrogens is 351 g/mol. The first-order valence-electron chi connectivity index (χ1n) is 7.95. The van der Waals surface area contributed by atoms with Gasteiger partial charge in [0, 0.05) is 12.1 Å². The molecule has 0 saturated carbocycles. The van der Waals surface area contributed by atoms with Crippen molar-refractivity contribution in [3.05, 3.63) is 29.8 Å². The van der Waals surface area contributed by atoms with Crippen LogP contribution in [0.5, 0.6) is 5.75 Å². The Balaban J connectivity index is 2.59. The predicted molar refractivity (Wildman–Crippen MR) is 90.5 cm³/mol. The van der Waals surface area contributed by atoms with Crippen LogP contribution in [0.4, 0.5) is 18.0 Å². The summed E-state index contributed by atoms with van der Waals surface area (Å²) in [5.41, 5.74) is 0.223. The molecule has 1 aromatic rings. The maximum atomic E-state index is 12.1. The molecule has 6 nitrogen and oxygen atoms in total. The zero-order valence-electron chi connectivity index (χ0n) is 15.4. The summed E-state index contributed by atoms with van der Waals surface area (Å²) in [5.74, 6) is -0.792. The van der Waals surface area contributed by atoms with E-state index in [4.69, 9.17) is 0 Å². The van der Waals surface area contributed by atoms with E-state index in [1.54, 1.807) is 39.6 Å². The fourth-order valence-electron chi connectivity index (χ4n) is 2.01. The van der Waals surface area contributed by atoms with Crippen LogP contribution in [0.3, 0.4) is 0 Å². The molecule has 0 saturated heterocycles. The molecule has 0 aliphatic heterocycles. The average Bonchev–Trinajstić information content (AvgIpc) is 2.44. The molecular formula is C17H24F3N3O3. The number of hydrogen-bond acceptors (Lipinski definition) is 4. The van der Waals surface area contributed by atoms with Crippen molar-refractivity contribution in [3.63, 3.8) is 0 Å². The molecule has 26 heavy (non-hydrogen) atoms. The van der Waals surface area contributed by atoms with Crippen molar-refractivity contribution in [1.82, 2.24) is 15.5 Å². The van der Waals surface area contributed by atoms with Crippen LogP contribution in [0.15, 0.2) is 24.3 Å². The number of carbonyl (C=O) groups excluding carboxylic acids is 2. The minimum atomic E-state index is -4.74. The lowest BCUT2D eigenvalue weighted by atomic mass is 10.1. The standard InChI is InChI=1S/C17H24F3N3O3/c1-11(14(24)21-15(25)22-16(2,3)4)23(5)10-12-6-8-13(9-7-12)26-17(18,19)20/h6-9,11H,10H2,1-5H3,(H2,21,22,24,25). The number of hydrogen-bond donors (Lipinski definition) is 2. The van der Waals surface area contributed by atoms with Gasteiger partial charge < -0.3 is 10.1 Å². The van der Waals surface area contributed by atoms with Crippen LogP contribution in [0.2, 0.25) is 0 Å². The van der Waals surface area contributed by atoms with Crippen molar-refractivity contribution in [1.29, 1.82) is 0 Å². The number of amides is 3. The first kappa shape index (κ1) is 21.8. The molecule has 146 valence electrons. The highest BCUT2D eigenvalue weighted by Gasteiger charge is 2.31. The highest BCUT2D eigenvalue weighted by Crippen LogP contribution is 2.23. The smallest absolute Gasteiger partial charge is 0.406 e. The van der Waals surface area contributed by atoms with Gasteiger partial charge >= 0.3 is 12.4 Å². The molecule has 0 spiro atoms. The number of nitrogens with one attached hydrogen (secondary N) is 2. The highest BCUT2D eigenvalue weighted by molar-refractivity contribution is 5.97. The Labute approximate surface area is 150 Å². The Morgan fingerprint density at radius 2 is 1.69 bits per heavy atom. The Bertz CT molecular complexity index is 625. The fourth-order valence-corrected chi connectivity index (χ4v) is 2.01. The van der Waals surface area contributed by atoms with E-state index in [0.717, 1.165) is 0 Å². The van der Waals surface area contributed by atoms with Gasteiger partial charge in [0.15, 0.2) is 0 Å². The number of ether oxygens (including phenoxy) is 1. The molecule has 0 bridgehead atoms. The molecule has 1 rings (SSSR count). The number of likely N-dealkylation sites (N-methyl/N-ethyl adjacent to an activating group) is 1.